The van der Waals surface area contributed by atoms with Crippen LogP contribution in [0.25, 0.3) is 0 Å². The highest BCUT2D eigenvalue weighted by atomic mass is 32.1. The summed E-state index contributed by atoms with van der Waals surface area (Å²) in [5, 5.41) is 0. The lowest BCUT2D eigenvalue weighted by atomic mass is 10.00. The second kappa shape index (κ2) is 6.17. The summed E-state index contributed by atoms with van der Waals surface area (Å²) in [7, 11) is 7.44. The SMILES string of the molecule is COc1cc(C)c(C(CS)N(C)C)c(OC)c1. The zero-order valence-corrected chi connectivity index (χ0v) is 12.0. The number of benzene rings is 1. The van der Waals surface area contributed by atoms with Crippen LogP contribution in [0.3, 0.4) is 0 Å². The summed E-state index contributed by atoms with van der Waals surface area (Å²) in [6, 6.07) is 4.18. The van der Waals surface area contributed by atoms with E-state index in [0.717, 1.165) is 22.8 Å². The highest BCUT2D eigenvalue weighted by Crippen LogP contribution is 2.35. The predicted octanol–water partition coefficient (Wildman–Crippen LogP) is 2.54. The Bertz CT molecular complexity index is 380. The molecule has 17 heavy (non-hydrogen) atoms. The van der Waals surface area contributed by atoms with Gasteiger partial charge in [0.15, 0.2) is 0 Å². The van der Waals surface area contributed by atoms with E-state index in [1.54, 1.807) is 14.2 Å². The number of thiol groups is 1. The number of rotatable bonds is 5. The van der Waals surface area contributed by atoms with Crippen LogP contribution in [-0.4, -0.2) is 39.0 Å². The zero-order chi connectivity index (χ0) is 13.0. The molecule has 0 spiro atoms. The molecule has 4 heteroatoms. The quantitative estimate of drug-likeness (QED) is 0.817. The van der Waals surface area contributed by atoms with E-state index in [9.17, 15) is 0 Å². The predicted molar refractivity (Wildman–Crippen MR) is 74.6 cm³/mol. The van der Waals surface area contributed by atoms with Gasteiger partial charge in [-0.3, -0.25) is 0 Å². The fourth-order valence-electron chi connectivity index (χ4n) is 1.96. The van der Waals surface area contributed by atoms with E-state index in [2.05, 4.69) is 24.5 Å². The highest BCUT2D eigenvalue weighted by Gasteiger charge is 2.20. The van der Waals surface area contributed by atoms with Gasteiger partial charge in [0.05, 0.1) is 14.2 Å². The van der Waals surface area contributed by atoms with Crippen molar-refractivity contribution in [1.82, 2.24) is 4.90 Å². The fourth-order valence-corrected chi connectivity index (χ4v) is 2.47. The van der Waals surface area contributed by atoms with E-state index in [0.29, 0.717) is 0 Å². The van der Waals surface area contributed by atoms with Crippen molar-refractivity contribution in [3.63, 3.8) is 0 Å². The molecule has 0 saturated carbocycles. The van der Waals surface area contributed by atoms with Crippen LogP contribution >= 0.6 is 12.6 Å². The molecule has 1 aromatic carbocycles. The lowest BCUT2D eigenvalue weighted by Gasteiger charge is -2.26. The van der Waals surface area contributed by atoms with Crippen molar-refractivity contribution in [2.24, 2.45) is 0 Å². The molecule has 1 atom stereocenters. The monoisotopic (exact) mass is 255 g/mol. The Morgan fingerprint density at radius 3 is 2.29 bits per heavy atom. The molecule has 0 aromatic heterocycles. The van der Waals surface area contributed by atoms with Crippen LogP contribution in [0.1, 0.15) is 17.2 Å². The number of aryl methyl sites for hydroxylation is 1. The third-order valence-corrected chi connectivity index (χ3v) is 3.25. The molecule has 0 bridgehead atoms. The summed E-state index contributed by atoms with van der Waals surface area (Å²) in [5.41, 5.74) is 2.34. The molecule has 0 radical (unpaired) electrons. The van der Waals surface area contributed by atoms with Gasteiger partial charge in [-0.1, -0.05) is 0 Å². The molecule has 3 nitrogen and oxygen atoms in total. The third-order valence-electron chi connectivity index (χ3n) is 2.91. The minimum atomic E-state index is 0.235. The van der Waals surface area contributed by atoms with Crippen molar-refractivity contribution in [3.8, 4) is 11.5 Å². The molecule has 0 heterocycles. The van der Waals surface area contributed by atoms with Gasteiger partial charge in [0.1, 0.15) is 11.5 Å². The van der Waals surface area contributed by atoms with Crippen molar-refractivity contribution in [3.05, 3.63) is 23.3 Å². The first-order chi connectivity index (χ1) is 8.04. The van der Waals surface area contributed by atoms with E-state index >= 15 is 0 Å². The molecule has 0 aliphatic heterocycles. The normalized spacial score (nSPS) is 12.6. The second-order valence-corrected chi connectivity index (χ2v) is 4.59. The zero-order valence-electron chi connectivity index (χ0n) is 11.2. The number of ether oxygens (including phenoxy) is 2. The van der Waals surface area contributed by atoms with E-state index < -0.39 is 0 Å². The van der Waals surface area contributed by atoms with Gasteiger partial charge in [0.2, 0.25) is 0 Å². The topological polar surface area (TPSA) is 21.7 Å². The van der Waals surface area contributed by atoms with Gasteiger partial charge in [-0.05, 0) is 32.6 Å². The van der Waals surface area contributed by atoms with E-state index in [1.807, 2.05) is 26.2 Å². The first-order valence-electron chi connectivity index (χ1n) is 5.55. The molecule has 0 N–H and O–H groups in total. The van der Waals surface area contributed by atoms with Crippen molar-refractivity contribution < 1.29 is 9.47 Å². The Labute approximate surface area is 109 Å². The van der Waals surface area contributed by atoms with Gasteiger partial charge < -0.3 is 14.4 Å². The standard InChI is InChI=1S/C13H21NO2S/c1-9-6-10(15-4)7-12(16-5)13(9)11(8-17)14(2)3/h6-7,11,17H,8H2,1-5H3. The van der Waals surface area contributed by atoms with Crippen LogP contribution in [-0.2, 0) is 0 Å². The summed E-state index contributed by atoms with van der Waals surface area (Å²) in [6.07, 6.45) is 0. The first-order valence-corrected chi connectivity index (χ1v) is 6.18. The minimum absolute atomic E-state index is 0.235. The second-order valence-electron chi connectivity index (χ2n) is 4.22. The minimum Gasteiger partial charge on any atom is -0.497 e. The van der Waals surface area contributed by atoms with Crippen LogP contribution in [0.4, 0.5) is 0 Å². The lowest BCUT2D eigenvalue weighted by molar-refractivity contribution is 0.310. The molecule has 0 saturated heterocycles. The molecular formula is C13H21NO2S. The fraction of sp³-hybridized carbons (Fsp3) is 0.538. The summed E-state index contributed by atoms with van der Waals surface area (Å²) < 4.78 is 10.7. The van der Waals surface area contributed by atoms with Gasteiger partial charge in [-0.15, -0.1) is 0 Å². The summed E-state index contributed by atoms with van der Waals surface area (Å²) in [6.45, 7) is 2.07. The van der Waals surface area contributed by atoms with Gasteiger partial charge in [-0.2, -0.15) is 12.6 Å². The molecule has 1 aromatic rings. The van der Waals surface area contributed by atoms with Crippen LogP contribution < -0.4 is 9.47 Å². The average Bonchev–Trinajstić information content (AvgIpc) is 2.31. The van der Waals surface area contributed by atoms with Crippen LogP contribution in [0.2, 0.25) is 0 Å². The van der Waals surface area contributed by atoms with Crippen molar-refractivity contribution >= 4 is 12.6 Å². The van der Waals surface area contributed by atoms with Crippen molar-refractivity contribution in [2.45, 2.75) is 13.0 Å². The van der Waals surface area contributed by atoms with Gasteiger partial charge in [-0.25, -0.2) is 0 Å². The van der Waals surface area contributed by atoms with Crippen LogP contribution in [0.5, 0.6) is 11.5 Å². The maximum absolute atomic E-state index is 5.46. The number of nitrogens with zero attached hydrogens (tertiary/aromatic N) is 1. The summed E-state index contributed by atoms with van der Waals surface area (Å²) >= 11 is 4.42. The van der Waals surface area contributed by atoms with E-state index in [4.69, 9.17) is 9.47 Å². The molecule has 96 valence electrons. The maximum atomic E-state index is 5.46. The number of methoxy groups -OCH3 is 2. The first kappa shape index (κ1) is 14.2. The van der Waals surface area contributed by atoms with Crippen LogP contribution in [0, 0.1) is 6.92 Å². The summed E-state index contributed by atoms with van der Waals surface area (Å²) in [4.78, 5) is 2.14. The van der Waals surface area contributed by atoms with Gasteiger partial charge in [0, 0.05) is 23.4 Å². The number of hydrogen-bond donors (Lipinski definition) is 1. The Morgan fingerprint density at radius 1 is 1.24 bits per heavy atom. The Kier molecular flexibility index (Phi) is 5.15. The Morgan fingerprint density at radius 2 is 1.88 bits per heavy atom. The van der Waals surface area contributed by atoms with Crippen molar-refractivity contribution in [2.75, 3.05) is 34.1 Å². The van der Waals surface area contributed by atoms with E-state index in [-0.39, 0.29) is 6.04 Å². The molecule has 0 fully saturated rings. The van der Waals surface area contributed by atoms with Crippen LogP contribution in [0.15, 0.2) is 12.1 Å². The third kappa shape index (κ3) is 3.07. The van der Waals surface area contributed by atoms with Gasteiger partial charge >= 0.3 is 0 Å². The Hall–Kier alpha value is -0.870. The molecule has 1 rings (SSSR count). The molecule has 0 aliphatic carbocycles. The van der Waals surface area contributed by atoms with E-state index in [1.165, 1.54) is 5.56 Å². The maximum Gasteiger partial charge on any atom is 0.127 e. The molecular weight excluding hydrogens is 234 g/mol. The Balaban J connectivity index is 3.30. The highest BCUT2D eigenvalue weighted by molar-refractivity contribution is 7.80. The molecule has 0 aliphatic rings. The number of hydrogen-bond acceptors (Lipinski definition) is 4. The lowest BCUT2D eigenvalue weighted by Crippen LogP contribution is -2.22. The molecule has 0 amide bonds. The molecule has 1 unspecified atom stereocenters. The van der Waals surface area contributed by atoms with Gasteiger partial charge in [0.25, 0.3) is 0 Å². The smallest absolute Gasteiger partial charge is 0.127 e. The van der Waals surface area contributed by atoms with Crippen molar-refractivity contribution in [1.29, 1.82) is 0 Å². The average molecular weight is 255 g/mol. The summed E-state index contributed by atoms with van der Waals surface area (Å²) in [5.74, 6) is 2.42. The largest absolute Gasteiger partial charge is 0.497 e.